The molecular formula is C10H15NO2S. The third kappa shape index (κ3) is 2.19. The lowest BCUT2D eigenvalue weighted by Gasteiger charge is -2.13. The maximum absolute atomic E-state index is 10.6. The normalized spacial score (nSPS) is 15.1. The summed E-state index contributed by atoms with van der Waals surface area (Å²) >= 11 is 1.28. The average molecular weight is 213 g/mol. The van der Waals surface area contributed by atoms with E-state index < -0.39 is 6.10 Å². The Morgan fingerprint density at radius 2 is 2.29 bits per heavy atom. The summed E-state index contributed by atoms with van der Waals surface area (Å²) in [6.45, 7) is 5.78. The van der Waals surface area contributed by atoms with E-state index in [1.54, 1.807) is 6.92 Å². The highest BCUT2D eigenvalue weighted by Crippen LogP contribution is 2.28. The molecule has 2 atom stereocenters. The summed E-state index contributed by atoms with van der Waals surface area (Å²) in [6, 6.07) is 0. The maximum Gasteiger partial charge on any atom is 0.161 e. The number of nitrogens with zero attached hydrogens (tertiary/aromatic N) is 1. The van der Waals surface area contributed by atoms with Gasteiger partial charge < -0.3 is 5.11 Å². The monoisotopic (exact) mass is 213 g/mol. The van der Waals surface area contributed by atoms with Crippen LogP contribution in [-0.2, 0) is 0 Å². The standard InChI is InChI=1S/C10H15NO2S/c1-4-6(2)9(13)10-11-7(3)8(5-12)14-10/h5-6,9,13H,4H2,1-3H3. The Kier molecular flexibility index (Phi) is 3.77. The van der Waals surface area contributed by atoms with E-state index in [4.69, 9.17) is 0 Å². The Labute approximate surface area is 87.8 Å². The minimum Gasteiger partial charge on any atom is -0.386 e. The van der Waals surface area contributed by atoms with E-state index in [1.165, 1.54) is 11.3 Å². The highest BCUT2D eigenvalue weighted by atomic mass is 32.1. The Morgan fingerprint density at radius 1 is 1.64 bits per heavy atom. The molecule has 3 nitrogen and oxygen atoms in total. The fraction of sp³-hybridized carbons (Fsp3) is 0.600. The van der Waals surface area contributed by atoms with E-state index in [1.807, 2.05) is 13.8 Å². The molecular weight excluding hydrogens is 198 g/mol. The predicted molar refractivity (Wildman–Crippen MR) is 56.7 cm³/mol. The van der Waals surface area contributed by atoms with Crippen molar-refractivity contribution in [3.8, 4) is 0 Å². The van der Waals surface area contributed by atoms with Crippen LogP contribution in [0.3, 0.4) is 0 Å². The molecule has 1 aromatic rings. The summed E-state index contributed by atoms with van der Waals surface area (Å²) in [5.41, 5.74) is 0.711. The number of aldehydes is 1. The maximum atomic E-state index is 10.6. The molecule has 0 radical (unpaired) electrons. The zero-order valence-electron chi connectivity index (χ0n) is 8.65. The molecule has 0 aromatic carbocycles. The third-order valence-electron chi connectivity index (χ3n) is 2.39. The molecule has 0 amide bonds. The van der Waals surface area contributed by atoms with Crippen molar-refractivity contribution in [2.45, 2.75) is 33.3 Å². The van der Waals surface area contributed by atoms with Crippen LogP contribution >= 0.6 is 11.3 Å². The number of aryl methyl sites for hydroxylation is 1. The molecule has 1 heterocycles. The summed E-state index contributed by atoms with van der Waals surface area (Å²) in [7, 11) is 0. The van der Waals surface area contributed by atoms with Crippen molar-refractivity contribution in [3.63, 3.8) is 0 Å². The number of hydrogen-bond acceptors (Lipinski definition) is 4. The Bertz CT molecular complexity index is 322. The van der Waals surface area contributed by atoms with E-state index >= 15 is 0 Å². The SMILES string of the molecule is CCC(C)C(O)c1nc(C)c(C=O)s1. The number of carbonyl (C=O) groups is 1. The van der Waals surface area contributed by atoms with Crippen molar-refractivity contribution < 1.29 is 9.90 Å². The molecule has 0 aliphatic rings. The fourth-order valence-electron chi connectivity index (χ4n) is 1.13. The van der Waals surface area contributed by atoms with Gasteiger partial charge in [-0.05, 0) is 12.8 Å². The Morgan fingerprint density at radius 3 is 2.71 bits per heavy atom. The van der Waals surface area contributed by atoms with Crippen molar-refractivity contribution >= 4 is 17.6 Å². The summed E-state index contributed by atoms with van der Waals surface area (Å²) in [5.74, 6) is 0.181. The van der Waals surface area contributed by atoms with Crippen LogP contribution in [0.5, 0.6) is 0 Å². The van der Waals surface area contributed by atoms with E-state index in [0.717, 1.165) is 12.7 Å². The van der Waals surface area contributed by atoms with E-state index in [9.17, 15) is 9.90 Å². The van der Waals surface area contributed by atoms with Crippen LogP contribution in [-0.4, -0.2) is 16.4 Å². The van der Waals surface area contributed by atoms with Gasteiger partial charge in [-0.2, -0.15) is 0 Å². The van der Waals surface area contributed by atoms with E-state index in [0.29, 0.717) is 15.6 Å². The van der Waals surface area contributed by atoms with Crippen LogP contribution < -0.4 is 0 Å². The highest BCUT2D eigenvalue weighted by Gasteiger charge is 2.19. The smallest absolute Gasteiger partial charge is 0.161 e. The van der Waals surface area contributed by atoms with Gasteiger partial charge in [0.15, 0.2) is 6.29 Å². The van der Waals surface area contributed by atoms with Crippen molar-refractivity contribution in [1.82, 2.24) is 4.98 Å². The average Bonchev–Trinajstić information content (AvgIpc) is 2.57. The molecule has 14 heavy (non-hydrogen) atoms. The van der Waals surface area contributed by atoms with Gasteiger partial charge in [0, 0.05) is 0 Å². The first-order valence-corrected chi connectivity index (χ1v) is 5.52. The zero-order chi connectivity index (χ0) is 10.7. The molecule has 0 saturated heterocycles. The molecule has 1 aromatic heterocycles. The quantitative estimate of drug-likeness (QED) is 0.781. The van der Waals surface area contributed by atoms with Crippen molar-refractivity contribution in [1.29, 1.82) is 0 Å². The van der Waals surface area contributed by atoms with Gasteiger partial charge in [-0.1, -0.05) is 20.3 Å². The summed E-state index contributed by atoms with van der Waals surface area (Å²) in [4.78, 5) is 15.4. The molecule has 0 aliphatic heterocycles. The molecule has 1 N–H and O–H groups in total. The number of hydrogen-bond donors (Lipinski definition) is 1. The first-order valence-electron chi connectivity index (χ1n) is 4.70. The molecule has 78 valence electrons. The largest absolute Gasteiger partial charge is 0.386 e. The number of aliphatic hydroxyl groups excluding tert-OH is 1. The molecule has 0 spiro atoms. The van der Waals surface area contributed by atoms with Crippen LogP contribution in [0, 0.1) is 12.8 Å². The number of thiazole rings is 1. The topological polar surface area (TPSA) is 50.2 Å². The van der Waals surface area contributed by atoms with Gasteiger partial charge in [0.1, 0.15) is 11.1 Å². The second-order valence-electron chi connectivity index (χ2n) is 3.45. The first-order chi connectivity index (χ1) is 6.60. The molecule has 4 heteroatoms. The minimum absolute atomic E-state index is 0.181. The molecule has 0 saturated carbocycles. The van der Waals surface area contributed by atoms with Gasteiger partial charge in [-0.3, -0.25) is 4.79 Å². The number of aliphatic hydroxyl groups is 1. The van der Waals surface area contributed by atoms with Gasteiger partial charge >= 0.3 is 0 Å². The minimum atomic E-state index is -0.544. The van der Waals surface area contributed by atoms with Crippen LogP contribution in [0.2, 0.25) is 0 Å². The molecule has 2 unspecified atom stereocenters. The van der Waals surface area contributed by atoms with Gasteiger partial charge in [0.25, 0.3) is 0 Å². The molecule has 1 rings (SSSR count). The summed E-state index contributed by atoms with van der Waals surface area (Å²) in [6.07, 6.45) is 1.15. The van der Waals surface area contributed by atoms with Crippen LogP contribution in [0.15, 0.2) is 0 Å². The van der Waals surface area contributed by atoms with Crippen LogP contribution in [0.25, 0.3) is 0 Å². The van der Waals surface area contributed by atoms with Gasteiger partial charge in [0.05, 0.1) is 10.6 Å². The van der Waals surface area contributed by atoms with Crippen molar-refractivity contribution in [2.24, 2.45) is 5.92 Å². The zero-order valence-corrected chi connectivity index (χ0v) is 9.47. The predicted octanol–water partition coefficient (Wildman–Crippen LogP) is 2.34. The van der Waals surface area contributed by atoms with Crippen LogP contribution in [0.4, 0.5) is 0 Å². The lowest BCUT2D eigenvalue weighted by molar-refractivity contribution is 0.112. The van der Waals surface area contributed by atoms with Crippen molar-refractivity contribution in [3.05, 3.63) is 15.6 Å². The molecule has 0 fully saturated rings. The summed E-state index contributed by atoms with van der Waals surface area (Å²) in [5, 5.41) is 10.5. The fourth-order valence-corrected chi connectivity index (χ4v) is 2.13. The second kappa shape index (κ2) is 4.66. The van der Waals surface area contributed by atoms with Gasteiger partial charge in [0.2, 0.25) is 0 Å². The Hall–Kier alpha value is -0.740. The van der Waals surface area contributed by atoms with Gasteiger partial charge in [-0.15, -0.1) is 11.3 Å². The van der Waals surface area contributed by atoms with Crippen molar-refractivity contribution in [2.75, 3.05) is 0 Å². The molecule has 0 aliphatic carbocycles. The number of rotatable bonds is 4. The number of aromatic nitrogens is 1. The Balaban J connectivity index is 2.90. The van der Waals surface area contributed by atoms with Gasteiger partial charge in [-0.25, -0.2) is 4.98 Å². The lowest BCUT2D eigenvalue weighted by atomic mass is 10.0. The molecule has 0 bridgehead atoms. The number of carbonyl (C=O) groups excluding carboxylic acids is 1. The van der Waals surface area contributed by atoms with Crippen LogP contribution in [0.1, 0.15) is 46.7 Å². The van der Waals surface area contributed by atoms with E-state index in [2.05, 4.69) is 4.98 Å². The third-order valence-corrected chi connectivity index (χ3v) is 3.55. The van der Waals surface area contributed by atoms with E-state index in [-0.39, 0.29) is 5.92 Å². The highest BCUT2D eigenvalue weighted by molar-refractivity contribution is 7.13. The first kappa shape index (κ1) is 11.3. The lowest BCUT2D eigenvalue weighted by Crippen LogP contribution is -2.07. The summed E-state index contributed by atoms with van der Waals surface area (Å²) < 4.78 is 0. The second-order valence-corrected chi connectivity index (χ2v) is 4.51.